The van der Waals surface area contributed by atoms with Gasteiger partial charge in [-0.3, -0.25) is 4.98 Å². The molecule has 0 bridgehead atoms. The third-order valence-corrected chi connectivity index (χ3v) is 2.18. The largest absolute Gasteiger partial charge is 0.459 e. The molecule has 0 amide bonds. The molecule has 0 saturated carbocycles. The van der Waals surface area contributed by atoms with Gasteiger partial charge in [0.05, 0.1) is 18.2 Å². The third kappa shape index (κ3) is 2.40. The van der Waals surface area contributed by atoms with Crippen LogP contribution in [0, 0.1) is 17.7 Å². The molecule has 0 fully saturated rings. The third-order valence-electron chi connectivity index (χ3n) is 2.18. The molecule has 0 aliphatic heterocycles. The number of halogens is 1. The van der Waals surface area contributed by atoms with Crippen LogP contribution in [0.5, 0.6) is 0 Å². The highest BCUT2D eigenvalue weighted by atomic mass is 19.1. The van der Waals surface area contributed by atoms with Crippen LogP contribution in [0.4, 0.5) is 4.39 Å². The summed E-state index contributed by atoms with van der Waals surface area (Å²) in [6.07, 6.45) is 1.58. The first-order chi connectivity index (χ1) is 8.20. The number of hydrogen-bond donors (Lipinski definition) is 0. The molecule has 0 atom stereocenters. The Balaban J connectivity index is 2.50. The Kier molecular flexibility index (Phi) is 3.01. The van der Waals surface area contributed by atoms with E-state index in [1.807, 2.05) is 0 Å². The number of ether oxygens (including phenoxy) is 1. The minimum absolute atomic E-state index is 0.149. The molecule has 0 aliphatic carbocycles. The van der Waals surface area contributed by atoms with Crippen LogP contribution < -0.4 is 0 Å². The van der Waals surface area contributed by atoms with E-state index in [1.54, 1.807) is 24.4 Å². The van der Waals surface area contributed by atoms with Gasteiger partial charge in [0.1, 0.15) is 5.82 Å². The first-order valence-electron chi connectivity index (χ1n) is 4.85. The summed E-state index contributed by atoms with van der Waals surface area (Å²) in [7, 11) is 1.22. The molecule has 84 valence electrons. The molecule has 0 N–H and O–H groups in total. The highest BCUT2D eigenvalue weighted by Gasteiger charge is 2.03. The van der Waals surface area contributed by atoms with Crippen molar-refractivity contribution in [1.82, 2.24) is 4.98 Å². The van der Waals surface area contributed by atoms with Crippen molar-refractivity contribution in [2.24, 2.45) is 0 Å². The summed E-state index contributed by atoms with van der Waals surface area (Å²) >= 11 is 0. The van der Waals surface area contributed by atoms with Crippen molar-refractivity contribution in [3.05, 3.63) is 41.8 Å². The zero-order valence-electron chi connectivity index (χ0n) is 9.03. The molecule has 3 nitrogen and oxygen atoms in total. The Morgan fingerprint density at radius 3 is 3.06 bits per heavy atom. The van der Waals surface area contributed by atoms with Crippen molar-refractivity contribution in [3.8, 4) is 11.8 Å². The maximum atomic E-state index is 13.6. The first kappa shape index (κ1) is 11.1. The Bertz CT molecular complexity index is 641. The van der Waals surface area contributed by atoms with Crippen LogP contribution in [-0.4, -0.2) is 18.1 Å². The van der Waals surface area contributed by atoms with Crippen LogP contribution in [-0.2, 0) is 9.53 Å². The van der Waals surface area contributed by atoms with Gasteiger partial charge in [0, 0.05) is 23.6 Å². The minimum atomic E-state index is -0.698. The fourth-order valence-corrected chi connectivity index (χ4v) is 1.36. The quantitative estimate of drug-likeness (QED) is 0.511. The lowest BCUT2D eigenvalue weighted by Crippen LogP contribution is -1.95. The minimum Gasteiger partial charge on any atom is -0.459 e. The number of methoxy groups -OCH3 is 1. The molecule has 17 heavy (non-hydrogen) atoms. The van der Waals surface area contributed by atoms with Crippen LogP contribution in [0.25, 0.3) is 10.9 Å². The van der Waals surface area contributed by atoms with Gasteiger partial charge in [0.15, 0.2) is 0 Å². The lowest BCUT2D eigenvalue weighted by Gasteiger charge is -1.98. The van der Waals surface area contributed by atoms with Gasteiger partial charge in [-0.2, -0.15) is 0 Å². The van der Waals surface area contributed by atoms with Gasteiger partial charge in [-0.15, -0.1) is 0 Å². The highest BCUT2D eigenvalue weighted by molar-refractivity contribution is 5.89. The van der Waals surface area contributed by atoms with Gasteiger partial charge in [-0.25, -0.2) is 9.18 Å². The summed E-state index contributed by atoms with van der Waals surface area (Å²) in [6.45, 7) is 0. The van der Waals surface area contributed by atoms with E-state index in [0.29, 0.717) is 5.52 Å². The van der Waals surface area contributed by atoms with Crippen LogP contribution >= 0.6 is 0 Å². The molecule has 0 spiro atoms. The number of pyridine rings is 1. The molecule has 2 aromatic rings. The van der Waals surface area contributed by atoms with E-state index in [1.165, 1.54) is 13.2 Å². The highest BCUT2D eigenvalue weighted by Crippen LogP contribution is 2.16. The number of hydrogen-bond acceptors (Lipinski definition) is 3. The Labute approximate surface area is 97.2 Å². The summed E-state index contributed by atoms with van der Waals surface area (Å²) in [4.78, 5) is 14.8. The van der Waals surface area contributed by atoms with Crippen LogP contribution in [0.1, 0.15) is 5.56 Å². The Morgan fingerprint density at radius 2 is 2.29 bits per heavy atom. The molecule has 0 aliphatic rings. The predicted octanol–water partition coefficient (Wildman–Crippen LogP) is 1.90. The number of aromatic nitrogens is 1. The maximum absolute atomic E-state index is 13.6. The number of fused-ring (bicyclic) bond motifs is 1. The Hall–Kier alpha value is -2.41. The van der Waals surface area contributed by atoms with Gasteiger partial charge < -0.3 is 4.74 Å². The lowest BCUT2D eigenvalue weighted by atomic mass is 10.1. The molecule has 1 aromatic carbocycles. The predicted molar refractivity (Wildman–Crippen MR) is 60.6 cm³/mol. The van der Waals surface area contributed by atoms with Crippen molar-refractivity contribution in [3.63, 3.8) is 0 Å². The molecule has 2 rings (SSSR count). The molecular weight excluding hydrogens is 221 g/mol. The van der Waals surface area contributed by atoms with E-state index in [4.69, 9.17) is 0 Å². The Morgan fingerprint density at radius 1 is 1.47 bits per heavy atom. The van der Waals surface area contributed by atoms with Crippen LogP contribution in [0.3, 0.4) is 0 Å². The smallest absolute Gasteiger partial charge is 0.384 e. The van der Waals surface area contributed by atoms with Crippen molar-refractivity contribution >= 4 is 16.9 Å². The van der Waals surface area contributed by atoms with Crippen molar-refractivity contribution in [2.75, 3.05) is 7.11 Å². The normalized spacial score (nSPS) is 9.53. The van der Waals surface area contributed by atoms with E-state index >= 15 is 0 Å². The van der Waals surface area contributed by atoms with E-state index in [0.717, 1.165) is 5.39 Å². The molecule has 0 radical (unpaired) electrons. The van der Waals surface area contributed by atoms with Gasteiger partial charge in [0.25, 0.3) is 0 Å². The number of carbonyl (C=O) groups is 1. The standard InChI is InChI=1S/C13H8FNO2/c1-17-13(16)5-4-9-7-10-3-2-6-15-12(10)8-11(9)14/h2-3,6-8H,1H3. The van der Waals surface area contributed by atoms with E-state index < -0.39 is 11.8 Å². The number of rotatable bonds is 0. The van der Waals surface area contributed by atoms with Crippen LogP contribution in [0.15, 0.2) is 30.5 Å². The summed E-state index contributed by atoms with van der Waals surface area (Å²) in [6, 6.07) is 6.38. The zero-order valence-corrected chi connectivity index (χ0v) is 9.03. The number of benzene rings is 1. The molecular formula is C13H8FNO2. The van der Waals surface area contributed by atoms with E-state index in [9.17, 15) is 9.18 Å². The topological polar surface area (TPSA) is 39.2 Å². The van der Waals surface area contributed by atoms with E-state index in [-0.39, 0.29) is 5.56 Å². The second-order valence-electron chi connectivity index (χ2n) is 3.27. The van der Waals surface area contributed by atoms with Gasteiger partial charge >= 0.3 is 5.97 Å². The maximum Gasteiger partial charge on any atom is 0.384 e. The average molecular weight is 229 g/mol. The average Bonchev–Trinajstić information content (AvgIpc) is 2.35. The van der Waals surface area contributed by atoms with E-state index in [2.05, 4.69) is 21.6 Å². The van der Waals surface area contributed by atoms with Crippen molar-refractivity contribution in [2.45, 2.75) is 0 Å². The fourth-order valence-electron chi connectivity index (χ4n) is 1.36. The molecule has 0 unspecified atom stereocenters. The fraction of sp³-hybridized carbons (Fsp3) is 0.0769. The van der Waals surface area contributed by atoms with Crippen molar-refractivity contribution < 1.29 is 13.9 Å². The second kappa shape index (κ2) is 4.62. The SMILES string of the molecule is COC(=O)C#Cc1cc2cccnc2cc1F. The summed E-state index contributed by atoms with van der Waals surface area (Å²) in [5, 5.41) is 0.767. The summed E-state index contributed by atoms with van der Waals surface area (Å²) in [5.41, 5.74) is 0.699. The zero-order chi connectivity index (χ0) is 12.3. The number of carbonyl (C=O) groups excluding carboxylic acids is 1. The molecule has 0 saturated heterocycles. The number of nitrogens with zero attached hydrogens (tertiary/aromatic N) is 1. The summed E-state index contributed by atoms with van der Waals surface area (Å²) < 4.78 is 17.9. The van der Waals surface area contributed by atoms with Crippen LogP contribution in [0.2, 0.25) is 0 Å². The molecule has 4 heteroatoms. The first-order valence-corrected chi connectivity index (χ1v) is 4.85. The molecule has 1 heterocycles. The van der Waals surface area contributed by atoms with Crippen molar-refractivity contribution in [1.29, 1.82) is 0 Å². The monoisotopic (exact) mass is 229 g/mol. The van der Waals surface area contributed by atoms with Gasteiger partial charge in [-0.05, 0) is 12.1 Å². The molecule has 1 aromatic heterocycles. The lowest BCUT2D eigenvalue weighted by molar-refractivity contribution is -0.133. The summed E-state index contributed by atoms with van der Waals surface area (Å²) in [5.74, 6) is 3.41. The van der Waals surface area contributed by atoms with Gasteiger partial charge in [0.2, 0.25) is 0 Å². The van der Waals surface area contributed by atoms with Gasteiger partial charge in [-0.1, -0.05) is 12.0 Å². The second-order valence-corrected chi connectivity index (χ2v) is 3.27. The number of esters is 1.